The average molecular weight is 319 g/mol. The molecule has 1 aliphatic rings. The van der Waals surface area contributed by atoms with E-state index >= 15 is 0 Å². The van der Waals surface area contributed by atoms with Crippen LogP contribution in [0.3, 0.4) is 0 Å². The molecule has 0 N–H and O–H groups in total. The molecule has 0 saturated carbocycles. The van der Waals surface area contributed by atoms with Gasteiger partial charge in [0.15, 0.2) is 0 Å². The van der Waals surface area contributed by atoms with E-state index in [0.717, 1.165) is 10.5 Å². The number of para-hydroxylation sites is 1. The lowest BCUT2D eigenvalue weighted by atomic mass is 10.2. The number of aromatic nitrogens is 1. The zero-order chi connectivity index (χ0) is 15.5. The van der Waals surface area contributed by atoms with Crippen LogP contribution in [0.4, 0.5) is 0 Å². The molecule has 1 atom stereocenters. The van der Waals surface area contributed by atoms with E-state index in [1.165, 1.54) is 4.70 Å². The predicted octanol–water partition coefficient (Wildman–Crippen LogP) is 1.98. The van der Waals surface area contributed by atoms with Crippen molar-refractivity contribution in [3.8, 4) is 0 Å². The molecule has 6 heteroatoms. The van der Waals surface area contributed by atoms with E-state index < -0.39 is 0 Å². The monoisotopic (exact) mass is 319 g/mol. The fourth-order valence-electron chi connectivity index (χ4n) is 2.57. The Morgan fingerprint density at radius 3 is 2.86 bits per heavy atom. The number of hydrogen-bond acceptors (Lipinski definition) is 5. The molecule has 0 unspecified atom stereocenters. The second kappa shape index (κ2) is 6.73. The van der Waals surface area contributed by atoms with Crippen LogP contribution in [0.5, 0.6) is 0 Å². The maximum absolute atomic E-state index is 12.5. The van der Waals surface area contributed by atoms with Crippen molar-refractivity contribution in [3.05, 3.63) is 29.3 Å². The number of benzene rings is 1. The first-order valence-electron chi connectivity index (χ1n) is 7.56. The summed E-state index contributed by atoms with van der Waals surface area (Å²) in [7, 11) is 1.98. The molecule has 0 aliphatic carbocycles. The molecule has 118 valence electrons. The standard InChI is InChI=1S/C16H21N3O2S/c1-12(16(20)19-7-9-21-10-8-19)18(2)11-15-17-13-5-3-4-6-14(13)22-15/h3-6,12H,7-11H2,1-2H3/t12-/m0/s1. The Morgan fingerprint density at radius 1 is 1.41 bits per heavy atom. The summed E-state index contributed by atoms with van der Waals surface area (Å²) in [6.45, 7) is 5.32. The van der Waals surface area contributed by atoms with Crippen LogP contribution < -0.4 is 0 Å². The zero-order valence-electron chi connectivity index (χ0n) is 13.0. The molecule has 0 spiro atoms. The van der Waals surface area contributed by atoms with Gasteiger partial charge in [0.25, 0.3) is 0 Å². The topological polar surface area (TPSA) is 45.7 Å². The van der Waals surface area contributed by atoms with Crippen LogP contribution in [-0.4, -0.2) is 60.1 Å². The molecule has 5 nitrogen and oxygen atoms in total. The van der Waals surface area contributed by atoms with Crippen LogP contribution in [-0.2, 0) is 16.1 Å². The Labute approximate surface area is 134 Å². The molecule has 1 saturated heterocycles. The maximum Gasteiger partial charge on any atom is 0.239 e. The first-order valence-corrected chi connectivity index (χ1v) is 8.38. The van der Waals surface area contributed by atoms with Crippen molar-refractivity contribution in [2.24, 2.45) is 0 Å². The van der Waals surface area contributed by atoms with Crippen molar-refractivity contribution in [2.45, 2.75) is 19.5 Å². The number of rotatable bonds is 4. The van der Waals surface area contributed by atoms with Gasteiger partial charge in [0.1, 0.15) is 5.01 Å². The lowest BCUT2D eigenvalue weighted by Crippen LogP contribution is -2.49. The second-order valence-electron chi connectivity index (χ2n) is 5.60. The summed E-state index contributed by atoms with van der Waals surface area (Å²) in [6.07, 6.45) is 0. The Balaban J connectivity index is 1.64. The number of carbonyl (C=O) groups excluding carboxylic acids is 1. The lowest BCUT2D eigenvalue weighted by molar-refractivity contribution is -0.140. The fraction of sp³-hybridized carbons (Fsp3) is 0.500. The van der Waals surface area contributed by atoms with Crippen molar-refractivity contribution in [3.63, 3.8) is 0 Å². The van der Waals surface area contributed by atoms with E-state index in [1.807, 2.05) is 37.1 Å². The summed E-state index contributed by atoms with van der Waals surface area (Å²) in [5.74, 6) is 0.173. The molecular weight excluding hydrogens is 298 g/mol. The summed E-state index contributed by atoms with van der Waals surface area (Å²) in [5.41, 5.74) is 1.03. The van der Waals surface area contributed by atoms with Gasteiger partial charge in [-0.3, -0.25) is 9.69 Å². The molecule has 0 bridgehead atoms. The number of morpholine rings is 1. The van der Waals surface area contributed by atoms with E-state index in [0.29, 0.717) is 32.8 Å². The van der Waals surface area contributed by atoms with Crippen LogP contribution in [0.25, 0.3) is 10.2 Å². The zero-order valence-corrected chi connectivity index (χ0v) is 13.8. The molecule has 3 rings (SSSR count). The third-order valence-corrected chi connectivity index (χ3v) is 5.09. The number of likely N-dealkylation sites (N-methyl/N-ethyl adjacent to an activating group) is 1. The Hall–Kier alpha value is -1.50. The largest absolute Gasteiger partial charge is 0.378 e. The number of thiazole rings is 1. The van der Waals surface area contributed by atoms with E-state index in [4.69, 9.17) is 4.74 Å². The summed E-state index contributed by atoms with van der Waals surface area (Å²) < 4.78 is 6.50. The van der Waals surface area contributed by atoms with Crippen LogP contribution in [0.2, 0.25) is 0 Å². The van der Waals surface area contributed by atoms with Crippen LogP contribution in [0.1, 0.15) is 11.9 Å². The van der Waals surface area contributed by atoms with Gasteiger partial charge in [-0.15, -0.1) is 11.3 Å². The van der Waals surface area contributed by atoms with Crippen LogP contribution in [0, 0.1) is 0 Å². The summed E-state index contributed by atoms with van der Waals surface area (Å²) >= 11 is 1.69. The molecule has 0 radical (unpaired) electrons. The summed E-state index contributed by atoms with van der Waals surface area (Å²) in [5, 5.41) is 1.05. The highest BCUT2D eigenvalue weighted by Crippen LogP contribution is 2.23. The van der Waals surface area contributed by atoms with Crippen molar-refractivity contribution in [1.82, 2.24) is 14.8 Å². The van der Waals surface area contributed by atoms with Gasteiger partial charge >= 0.3 is 0 Å². The highest BCUT2D eigenvalue weighted by molar-refractivity contribution is 7.18. The molecule has 1 aliphatic heterocycles. The van der Waals surface area contributed by atoms with E-state index in [-0.39, 0.29) is 11.9 Å². The average Bonchev–Trinajstić information content (AvgIpc) is 2.96. The van der Waals surface area contributed by atoms with E-state index in [2.05, 4.69) is 16.0 Å². The van der Waals surface area contributed by atoms with Gasteiger partial charge in [0, 0.05) is 13.1 Å². The highest BCUT2D eigenvalue weighted by atomic mass is 32.1. The molecule has 1 aromatic heterocycles. The van der Waals surface area contributed by atoms with Gasteiger partial charge in [-0.1, -0.05) is 12.1 Å². The second-order valence-corrected chi connectivity index (χ2v) is 6.72. The van der Waals surface area contributed by atoms with E-state index in [1.54, 1.807) is 11.3 Å². The first kappa shape index (κ1) is 15.4. The van der Waals surface area contributed by atoms with Crippen molar-refractivity contribution < 1.29 is 9.53 Å². The van der Waals surface area contributed by atoms with Crippen molar-refractivity contribution in [2.75, 3.05) is 33.4 Å². The van der Waals surface area contributed by atoms with Gasteiger partial charge in [-0.25, -0.2) is 4.98 Å². The number of fused-ring (bicyclic) bond motifs is 1. The number of amides is 1. The third kappa shape index (κ3) is 3.29. The lowest BCUT2D eigenvalue weighted by Gasteiger charge is -2.32. The van der Waals surface area contributed by atoms with Gasteiger partial charge < -0.3 is 9.64 Å². The van der Waals surface area contributed by atoms with Gasteiger partial charge in [0.05, 0.1) is 36.0 Å². The van der Waals surface area contributed by atoms with Gasteiger partial charge in [-0.2, -0.15) is 0 Å². The van der Waals surface area contributed by atoms with Crippen LogP contribution in [0.15, 0.2) is 24.3 Å². The van der Waals surface area contributed by atoms with Gasteiger partial charge in [-0.05, 0) is 26.1 Å². The minimum atomic E-state index is -0.148. The third-order valence-electron chi connectivity index (χ3n) is 4.06. The Bertz CT molecular complexity index is 619. The highest BCUT2D eigenvalue weighted by Gasteiger charge is 2.25. The normalized spacial score (nSPS) is 17.1. The number of hydrogen-bond donors (Lipinski definition) is 0. The molecular formula is C16H21N3O2S. The van der Waals surface area contributed by atoms with Crippen LogP contribution >= 0.6 is 11.3 Å². The molecule has 2 aromatic rings. The minimum Gasteiger partial charge on any atom is -0.378 e. The quantitative estimate of drug-likeness (QED) is 0.864. The Morgan fingerprint density at radius 2 is 2.14 bits per heavy atom. The SMILES string of the molecule is C[C@@H](C(=O)N1CCOCC1)N(C)Cc1nc2ccccc2s1. The van der Waals surface area contributed by atoms with Crippen molar-refractivity contribution in [1.29, 1.82) is 0 Å². The molecule has 1 amide bonds. The number of ether oxygens (including phenoxy) is 1. The number of nitrogens with zero attached hydrogens (tertiary/aromatic N) is 3. The van der Waals surface area contributed by atoms with Gasteiger partial charge in [0.2, 0.25) is 5.91 Å². The molecule has 22 heavy (non-hydrogen) atoms. The molecule has 2 heterocycles. The molecule has 1 aromatic carbocycles. The summed E-state index contributed by atoms with van der Waals surface area (Å²) in [6, 6.07) is 7.99. The molecule has 1 fully saturated rings. The van der Waals surface area contributed by atoms with E-state index in [9.17, 15) is 4.79 Å². The fourth-order valence-corrected chi connectivity index (χ4v) is 3.61. The number of carbonyl (C=O) groups is 1. The van der Waals surface area contributed by atoms with Crippen molar-refractivity contribution >= 4 is 27.5 Å². The minimum absolute atomic E-state index is 0.148. The Kier molecular flexibility index (Phi) is 4.71. The smallest absolute Gasteiger partial charge is 0.239 e. The maximum atomic E-state index is 12.5. The first-order chi connectivity index (χ1) is 10.6. The summed E-state index contributed by atoms with van der Waals surface area (Å²) in [4.78, 5) is 21.1. The predicted molar refractivity (Wildman–Crippen MR) is 87.9 cm³/mol.